The summed E-state index contributed by atoms with van der Waals surface area (Å²) in [6.45, 7) is 1.06. The van der Waals surface area contributed by atoms with E-state index < -0.39 is 54.5 Å². The third kappa shape index (κ3) is 5.09. The summed E-state index contributed by atoms with van der Waals surface area (Å²) >= 11 is 0. The van der Waals surface area contributed by atoms with Gasteiger partial charge in [-0.05, 0) is 0 Å². The Bertz CT molecular complexity index is 432. The number of aliphatic hydroxyl groups is 4. The molecule has 6 N–H and O–H groups in total. The fourth-order valence-corrected chi connectivity index (χ4v) is 2.63. The Morgan fingerprint density at radius 3 is 2.52 bits per heavy atom. The van der Waals surface area contributed by atoms with Gasteiger partial charge >= 0.3 is 5.97 Å². The maximum absolute atomic E-state index is 11.1. The molecule has 1 aliphatic rings. The molecule has 1 aliphatic heterocycles. The highest BCUT2D eigenvalue weighted by Gasteiger charge is 2.53. The van der Waals surface area contributed by atoms with Crippen molar-refractivity contribution < 1.29 is 44.6 Å². The van der Waals surface area contributed by atoms with E-state index in [2.05, 4.69) is 5.32 Å². The second kappa shape index (κ2) is 7.99. The van der Waals surface area contributed by atoms with Gasteiger partial charge in [-0.1, -0.05) is 0 Å². The lowest BCUT2D eigenvalue weighted by Gasteiger charge is -2.44. The van der Waals surface area contributed by atoms with Crippen LogP contribution in [0.3, 0.4) is 0 Å². The molecule has 134 valence electrons. The summed E-state index contributed by atoms with van der Waals surface area (Å²) < 4.78 is 9.86. The monoisotopic (exact) mass is 337 g/mol. The number of amides is 1. The number of carbonyl (C=O) groups excluding carboxylic acids is 1. The minimum atomic E-state index is -2.65. The standard InChI is InChI=1S/C13H23NO9/c1-6(15)14-11(18)10-8(17)4-13(21,12(19)20)23-9(10)3-7(16)5-22-2/h7-11,16-18,21H,3-5H2,1-2H3,(H,14,15)(H,19,20)/t7-,8?,9?,10?,11-,13?/m0/s1. The number of carboxylic acids is 1. The van der Waals surface area contributed by atoms with Crippen LogP contribution >= 0.6 is 0 Å². The summed E-state index contributed by atoms with van der Waals surface area (Å²) in [5, 5.41) is 51.1. The van der Waals surface area contributed by atoms with Crippen molar-refractivity contribution in [2.24, 2.45) is 5.92 Å². The zero-order valence-corrected chi connectivity index (χ0v) is 12.9. The average molecular weight is 337 g/mol. The zero-order valence-electron chi connectivity index (χ0n) is 12.9. The van der Waals surface area contributed by atoms with Gasteiger partial charge in [0.25, 0.3) is 5.79 Å². The molecule has 0 spiro atoms. The van der Waals surface area contributed by atoms with E-state index in [0.29, 0.717) is 0 Å². The molecular formula is C13H23NO9. The number of rotatable bonds is 7. The maximum atomic E-state index is 11.1. The first-order chi connectivity index (χ1) is 10.6. The van der Waals surface area contributed by atoms with Crippen LogP contribution in [0.4, 0.5) is 0 Å². The lowest BCUT2D eigenvalue weighted by Crippen LogP contribution is -2.61. The van der Waals surface area contributed by atoms with Gasteiger partial charge in [0.2, 0.25) is 5.91 Å². The smallest absolute Gasteiger partial charge is 0.364 e. The quantitative estimate of drug-likeness (QED) is 0.273. The molecule has 0 bridgehead atoms. The fraction of sp³-hybridized carbons (Fsp3) is 0.846. The second-order valence-corrected chi connectivity index (χ2v) is 5.58. The van der Waals surface area contributed by atoms with E-state index in [9.17, 15) is 30.0 Å². The Morgan fingerprint density at radius 1 is 1.43 bits per heavy atom. The van der Waals surface area contributed by atoms with Gasteiger partial charge in [-0.2, -0.15) is 0 Å². The van der Waals surface area contributed by atoms with E-state index in [1.807, 2.05) is 0 Å². The van der Waals surface area contributed by atoms with E-state index in [1.54, 1.807) is 0 Å². The van der Waals surface area contributed by atoms with Crippen molar-refractivity contribution in [3.05, 3.63) is 0 Å². The first kappa shape index (κ1) is 19.7. The normalized spacial score (nSPS) is 33.7. The SMILES string of the molecule is COC[C@@H](O)CC1OC(O)(C(=O)O)CC(O)C1[C@H](O)NC(C)=O. The first-order valence-electron chi connectivity index (χ1n) is 7.04. The number of aliphatic carboxylic acids is 1. The molecule has 0 aromatic heterocycles. The van der Waals surface area contributed by atoms with E-state index in [-0.39, 0.29) is 13.0 Å². The Hall–Kier alpha value is -1.30. The predicted molar refractivity (Wildman–Crippen MR) is 73.9 cm³/mol. The van der Waals surface area contributed by atoms with Gasteiger partial charge in [-0.3, -0.25) is 4.79 Å². The Labute approximate surface area is 132 Å². The molecular weight excluding hydrogens is 314 g/mol. The number of carbonyl (C=O) groups is 2. The van der Waals surface area contributed by atoms with Crippen LogP contribution in [0, 0.1) is 5.92 Å². The van der Waals surface area contributed by atoms with Gasteiger partial charge < -0.3 is 40.3 Å². The van der Waals surface area contributed by atoms with Crippen LogP contribution in [-0.4, -0.2) is 81.5 Å². The highest BCUT2D eigenvalue weighted by molar-refractivity contribution is 5.75. The number of hydrogen-bond donors (Lipinski definition) is 6. The van der Waals surface area contributed by atoms with Crippen LogP contribution in [0.25, 0.3) is 0 Å². The van der Waals surface area contributed by atoms with Gasteiger partial charge in [-0.25, -0.2) is 4.79 Å². The molecule has 23 heavy (non-hydrogen) atoms. The number of carboxylic acid groups (broad SMARTS) is 1. The lowest BCUT2D eigenvalue weighted by atomic mass is 9.83. The van der Waals surface area contributed by atoms with Crippen molar-refractivity contribution in [2.45, 2.75) is 50.1 Å². The number of methoxy groups -OCH3 is 1. The molecule has 1 amide bonds. The maximum Gasteiger partial charge on any atom is 0.364 e. The Morgan fingerprint density at radius 2 is 2.04 bits per heavy atom. The van der Waals surface area contributed by atoms with Gasteiger partial charge in [0.05, 0.1) is 30.8 Å². The molecule has 0 aliphatic carbocycles. The van der Waals surface area contributed by atoms with Crippen LogP contribution in [0.1, 0.15) is 19.8 Å². The first-order valence-corrected chi connectivity index (χ1v) is 7.04. The van der Waals surface area contributed by atoms with Crippen molar-refractivity contribution >= 4 is 11.9 Å². The molecule has 1 fully saturated rings. The highest BCUT2D eigenvalue weighted by atomic mass is 16.7. The average Bonchev–Trinajstić information content (AvgIpc) is 2.36. The number of ether oxygens (including phenoxy) is 2. The fourth-order valence-electron chi connectivity index (χ4n) is 2.63. The minimum absolute atomic E-state index is 0.0928. The van der Waals surface area contributed by atoms with Crippen LogP contribution < -0.4 is 5.32 Å². The topological polar surface area (TPSA) is 166 Å². The molecule has 10 nitrogen and oxygen atoms in total. The van der Waals surface area contributed by atoms with Crippen LogP contribution in [0.5, 0.6) is 0 Å². The Balaban J connectivity index is 2.99. The highest BCUT2D eigenvalue weighted by Crippen LogP contribution is 2.35. The number of nitrogens with one attached hydrogen (secondary N) is 1. The second-order valence-electron chi connectivity index (χ2n) is 5.58. The summed E-state index contributed by atoms with van der Waals surface area (Å²) in [5.41, 5.74) is 0. The zero-order chi connectivity index (χ0) is 17.8. The molecule has 1 heterocycles. The molecule has 1 saturated heterocycles. The Kier molecular flexibility index (Phi) is 6.86. The van der Waals surface area contributed by atoms with E-state index in [0.717, 1.165) is 6.92 Å². The van der Waals surface area contributed by atoms with Gasteiger partial charge in [0, 0.05) is 26.9 Å². The number of hydrogen-bond acceptors (Lipinski definition) is 8. The molecule has 10 heteroatoms. The summed E-state index contributed by atoms with van der Waals surface area (Å²) in [4.78, 5) is 22.2. The molecule has 1 rings (SSSR count). The number of aliphatic hydroxyl groups excluding tert-OH is 3. The van der Waals surface area contributed by atoms with Crippen LogP contribution in [-0.2, 0) is 19.1 Å². The largest absolute Gasteiger partial charge is 0.477 e. The van der Waals surface area contributed by atoms with Crippen molar-refractivity contribution in [3.63, 3.8) is 0 Å². The summed E-state index contributed by atoms with van der Waals surface area (Å²) in [6, 6.07) is 0. The molecule has 0 radical (unpaired) electrons. The van der Waals surface area contributed by atoms with E-state index >= 15 is 0 Å². The van der Waals surface area contributed by atoms with Gasteiger partial charge in [0.15, 0.2) is 0 Å². The third-order valence-electron chi connectivity index (χ3n) is 3.62. The van der Waals surface area contributed by atoms with E-state index in [4.69, 9.17) is 14.6 Å². The summed E-state index contributed by atoms with van der Waals surface area (Å²) in [6.07, 6.45) is -6.25. The molecule has 4 unspecified atom stereocenters. The van der Waals surface area contributed by atoms with Crippen molar-refractivity contribution in [3.8, 4) is 0 Å². The van der Waals surface area contributed by atoms with Crippen molar-refractivity contribution in [2.75, 3.05) is 13.7 Å². The minimum Gasteiger partial charge on any atom is -0.477 e. The van der Waals surface area contributed by atoms with Crippen LogP contribution in [0.15, 0.2) is 0 Å². The van der Waals surface area contributed by atoms with Crippen LogP contribution in [0.2, 0.25) is 0 Å². The summed E-state index contributed by atoms with van der Waals surface area (Å²) in [7, 11) is 1.34. The molecule has 0 aromatic carbocycles. The van der Waals surface area contributed by atoms with Crippen molar-refractivity contribution in [1.82, 2.24) is 5.32 Å². The molecule has 6 atom stereocenters. The van der Waals surface area contributed by atoms with E-state index in [1.165, 1.54) is 7.11 Å². The summed E-state index contributed by atoms with van der Waals surface area (Å²) in [5.74, 6) is -6.05. The van der Waals surface area contributed by atoms with Gasteiger partial charge in [0.1, 0.15) is 6.23 Å². The molecule has 0 aromatic rings. The molecule has 0 saturated carbocycles. The van der Waals surface area contributed by atoms with Crippen molar-refractivity contribution in [1.29, 1.82) is 0 Å². The third-order valence-corrected chi connectivity index (χ3v) is 3.62. The lowest BCUT2D eigenvalue weighted by molar-refractivity contribution is -0.297. The van der Waals surface area contributed by atoms with Gasteiger partial charge in [-0.15, -0.1) is 0 Å². The predicted octanol–water partition coefficient (Wildman–Crippen LogP) is -2.62.